The molecule has 1 aliphatic heterocycles. The average Bonchev–Trinajstić information content (AvgIpc) is 3.17. The van der Waals surface area contributed by atoms with E-state index in [0.29, 0.717) is 38.5 Å². The highest BCUT2D eigenvalue weighted by Crippen LogP contribution is 2.34. The predicted molar refractivity (Wildman–Crippen MR) is 75.6 cm³/mol. The normalized spacial score (nSPS) is 26.1. The Morgan fingerprint density at radius 3 is 2.65 bits per heavy atom. The average molecular weight is 283 g/mol. The molecule has 1 atom stereocenters. The van der Waals surface area contributed by atoms with Crippen LogP contribution in [0.5, 0.6) is 0 Å². The van der Waals surface area contributed by atoms with Gasteiger partial charge in [0.15, 0.2) is 0 Å². The van der Waals surface area contributed by atoms with Gasteiger partial charge in [0.25, 0.3) is 0 Å². The molecule has 0 aromatic carbocycles. The quantitative estimate of drug-likeness (QED) is 0.762. The number of likely N-dealkylation sites (N-methyl/N-ethyl adjacent to an activating group) is 1. The summed E-state index contributed by atoms with van der Waals surface area (Å²) < 4.78 is 0. The zero-order valence-corrected chi connectivity index (χ0v) is 12.4. The van der Waals surface area contributed by atoms with Crippen LogP contribution in [0, 0.1) is 5.41 Å². The summed E-state index contributed by atoms with van der Waals surface area (Å²) in [5.41, 5.74) is -0.748. The molecule has 0 aromatic rings. The van der Waals surface area contributed by atoms with Crippen LogP contribution >= 0.6 is 0 Å². The molecule has 1 unspecified atom stereocenters. The fourth-order valence-corrected chi connectivity index (χ4v) is 2.81. The van der Waals surface area contributed by atoms with Gasteiger partial charge in [0, 0.05) is 32.2 Å². The molecule has 2 fully saturated rings. The van der Waals surface area contributed by atoms with Crippen LogP contribution in [0.4, 0.5) is 4.79 Å². The fourth-order valence-electron chi connectivity index (χ4n) is 2.81. The van der Waals surface area contributed by atoms with Crippen molar-refractivity contribution >= 4 is 12.0 Å². The van der Waals surface area contributed by atoms with Gasteiger partial charge in [-0.2, -0.15) is 0 Å². The van der Waals surface area contributed by atoms with Crippen LogP contribution in [-0.2, 0) is 4.79 Å². The van der Waals surface area contributed by atoms with Crippen LogP contribution in [0.15, 0.2) is 0 Å². The van der Waals surface area contributed by atoms with Crippen LogP contribution in [0.1, 0.15) is 32.6 Å². The number of hydrogen-bond donors (Lipinski definition) is 2. The number of likely N-dealkylation sites (tertiary alicyclic amines) is 1. The molecule has 114 valence electrons. The molecule has 0 aromatic heterocycles. The fraction of sp³-hybridized carbons (Fsp3) is 0.857. The Kier molecular flexibility index (Phi) is 4.52. The molecule has 2 rings (SSSR count). The molecule has 1 saturated heterocycles. The first-order chi connectivity index (χ1) is 9.48. The van der Waals surface area contributed by atoms with E-state index in [1.807, 2.05) is 6.92 Å². The van der Waals surface area contributed by atoms with E-state index in [9.17, 15) is 14.7 Å². The van der Waals surface area contributed by atoms with Crippen LogP contribution in [0.3, 0.4) is 0 Å². The van der Waals surface area contributed by atoms with Crippen LogP contribution in [0.25, 0.3) is 0 Å². The maximum Gasteiger partial charge on any atom is 0.317 e. The number of aliphatic carboxylic acids is 1. The van der Waals surface area contributed by atoms with E-state index in [-0.39, 0.29) is 6.03 Å². The third-order valence-electron chi connectivity index (χ3n) is 4.68. The highest BCUT2D eigenvalue weighted by Gasteiger charge is 2.44. The number of nitrogens with zero attached hydrogens (tertiary/aromatic N) is 2. The maximum atomic E-state index is 12.0. The molecule has 1 aliphatic carbocycles. The minimum Gasteiger partial charge on any atom is -0.481 e. The van der Waals surface area contributed by atoms with Gasteiger partial charge in [-0.1, -0.05) is 6.92 Å². The molecule has 2 N–H and O–H groups in total. The van der Waals surface area contributed by atoms with Gasteiger partial charge in [-0.15, -0.1) is 0 Å². The van der Waals surface area contributed by atoms with Gasteiger partial charge < -0.3 is 20.2 Å². The number of hydrogen-bond acceptors (Lipinski definition) is 3. The number of carboxylic acid groups (broad SMARTS) is 1. The second-order valence-corrected chi connectivity index (χ2v) is 6.05. The highest BCUT2D eigenvalue weighted by molar-refractivity contribution is 5.79. The zero-order valence-electron chi connectivity index (χ0n) is 12.4. The predicted octanol–water partition coefficient (Wildman–Crippen LogP) is 0.977. The lowest BCUT2D eigenvalue weighted by atomic mass is 9.84. The number of carboxylic acids is 1. The SMILES string of the molecule is CCC1(C(=O)O)CCN(C(=O)NCCN(C)C2CC2)C1. The molecular formula is C14H25N3O3. The Balaban J connectivity index is 1.74. The van der Waals surface area contributed by atoms with E-state index in [2.05, 4.69) is 17.3 Å². The summed E-state index contributed by atoms with van der Waals surface area (Å²) in [6, 6.07) is 0.559. The van der Waals surface area contributed by atoms with E-state index in [1.165, 1.54) is 12.8 Å². The minimum atomic E-state index is -0.788. The number of urea groups is 1. The van der Waals surface area contributed by atoms with E-state index in [0.717, 1.165) is 6.54 Å². The minimum absolute atomic E-state index is 0.134. The summed E-state index contributed by atoms with van der Waals surface area (Å²) >= 11 is 0. The molecule has 1 saturated carbocycles. The van der Waals surface area contributed by atoms with Crippen molar-refractivity contribution in [2.45, 2.75) is 38.6 Å². The standard InChI is InChI=1S/C14H25N3O3/c1-3-14(12(18)19)6-8-17(10-14)13(20)15-7-9-16(2)11-4-5-11/h11H,3-10H2,1-2H3,(H,15,20)(H,18,19). The Labute approximate surface area is 120 Å². The van der Waals surface area contributed by atoms with Gasteiger partial charge >= 0.3 is 12.0 Å². The van der Waals surface area contributed by atoms with E-state index >= 15 is 0 Å². The Morgan fingerprint density at radius 1 is 1.45 bits per heavy atom. The third kappa shape index (κ3) is 3.23. The number of amides is 2. The second kappa shape index (κ2) is 5.99. The monoisotopic (exact) mass is 283 g/mol. The summed E-state index contributed by atoms with van der Waals surface area (Å²) in [6.07, 6.45) is 3.63. The van der Waals surface area contributed by atoms with E-state index in [1.54, 1.807) is 4.90 Å². The van der Waals surface area contributed by atoms with Crippen molar-refractivity contribution in [2.75, 3.05) is 33.2 Å². The van der Waals surface area contributed by atoms with Crippen molar-refractivity contribution < 1.29 is 14.7 Å². The lowest BCUT2D eigenvalue weighted by molar-refractivity contribution is -0.148. The molecule has 0 spiro atoms. The first-order valence-corrected chi connectivity index (χ1v) is 7.45. The topological polar surface area (TPSA) is 72.9 Å². The summed E-state index contributed by atoms with van der Waals surface area (Å²) in [5, 5.41) is 12.2. The van der Waals surface area contributed by atoms with Crippen LogP contribution in [0.2, 0.25) is 0 Å². The first kappa shape index (κ1) is 15.1. The van der Waals surface area contributed by atoms with Gasteiger partial charge in [-0.05, 0) is 32.7 Å². The van der Waals surface area contributed by atoms with Gasteiger partial charge in [0.05, 0.1) is 5.41 Å². The molecule has 2 amide bonds. The smallest absolute Gasteiger partial charge is 0.317 e. The molecule has 6 nitrogen and oxygen atoms in total. The Hall–Kier alpha value is -1.30. The Morgan fingerprint density at radius 2 is 2.15 bits per heavy atom. The van der Waals surface area contributed by atoms with Crippen molar-refractivity contribution in [3.63, 3.8) is 0 Å². The Bertz CT molecular complexity index is 384. The summed E-state index contributed by atoms with van der Waals surface area (Å²) in [5.74, 6) is -0.788. The van der Waals surface area contributed by atoms with Crippen molar-refractivity contribution in [3.8, 4) is 0 Å². The van der Waals surface area contributed by atoms with Gasteiger partial charge in [-0.3, -0.25) is 4.79 Å². The molecule has 0 radical (unpaired) electrons. The lowest BCUT2D eigenvalue weighted by Gasteiger charge is -2.23. The lowest BCUT2D eigenvalue weighted by Crippen LogP contribution is -2.43. The van der Waals surface area contributed by atoms with Crippen LogP contribution in [-0.4, -0.2) is 66.2 Å². The zero-order chi connectivity index (χ0) is 14.8. The summed E-state index contributed by atoms with van der Waals surface area (Å²) in [4.78, 5) is 27.3. The molecule has 0 bridgehead atoms. The van der Waals surface area contributed by atoms with E-state index < -0.39 is 11.4 Å². The van der Waals surface area contributed by atoms with Gasteiger partial charge in [0.1, 0.15) is 0 Å². The number of rotatable bonds is 6. The van der Waals surface area contributed by atoms with Gasteiger partial charge in [-0.25, -0.2) is 4.79 Å². The molecular weight excluding hydrogens is 258 g/mol. The first-order valence-electron chi connectivity index (χ1n) is 7.45. The summed E-state index contributed by atoms with van der Waals surface area (Å²) in [6.45, 7) is 4.20. The molecule has 1 heterocycles. The third-order valence-corrected chi connectivity index (χ3v) is 4.68. The number of nitrogens with one attached hydrogen (secondary N) is 1. The van der Waals surface area contributed by atoms with Crippen molar-refractivity contribution in [1.82, 2.24) is 15.1 Å². The number of carbonyl (C=O) groups is 2. The van der Waals surface area contributed by atoms with Crippen molar-refractivity contribution in [2.24, 2.45) is 5.41 Å². The maximum absolute atomic E-state index is 12.0. The van der Waals surface area contributed by atoms with Crippen LogP contribution < -0.4 is 5.32 Å². The van der Waals surface area contributed by atoms with Gasteiger partial charge in [0.2, 0.25) is 0 Å². The summed E-state index contributed by atoms with van der Waals surface area (Å²) in [7, 11) is 2.08. The number of carbonyl (C=O) groups excluding carboxylic acids is 1. The van der Waals surface area contributed by atoms with Crippen molar-refractivity contribution in [1.29, 1.82) is 0 Å². The highest BCUT2D eigenvalue weighted by atomic mass is 16.4. The second-order valence-electron chi connectivity index (χ2n) is 6.05. The molecule has 20 heavy (non-hydrogen) atoms. The van der Waals surface area contributed by atoms with Crippen molar-refractivity contribution in [3.05, 3.63) is 0 Å². The largest absolute Gasteiger partial charge is 0.481 e. The molecule has 2 aliphatic rings. The molecule has 6 heteroatoms. The van der Waals surface area contributed by atoms with E-state index in [4.69, 9.17) is 0 Å².